The second-order valence-electron chi connectivity index (χ2n) is 2.94. The first-order valence-corrected chi connectivity index (χ1v) is 5.40. The second-order valence-corrected chi connectivity index (χ2v) is 3.08. The second kappa shape index (κ2) is 9.95. The topological polar surface area (TPSA) is 34.1 Å². The van der Waals surface area contributed by atoms with Crippen LogP contribution in [0.25, 0.3) is 0 Å². The van der Waals surface area contributed by atoms with Gasteiger partial charge in [-0.2, -0.15) is 8.42 Å². The molecule has 7 heteroatoms. The summed E-state index contributed by atoms with van der Waals surface area (Å²) in [4.78, 5) is 0. The Bertz CT molecular complexity index is 423. The summed E-state index contributed by atoms with van der Waals surface area (Å²) in [6.45, 7) is 0. The van der Waals surface area contributed by atoms with Gasteiger partial charge in [0, 0.05) is 0 Å². The lowest BCUT2D eigenvalue weighted by atomic mass is 10.3. The summed E-state index contributed by atoms with van der Waals surface area (Å²) in [5.74, 6) is -1.64. The molecule has 2 aromatic rings. The van der Waals surface area contributed by atoms with Crippen molar-refractivity contribution in [3.63, 3.8) is 0 Å². The van der Waals surface area contributed by atoms with Crippen LogP contribution in [0.4, 0.5) is 17.6 Å². The Balaban J connectivity index is 0.000000284. The first kappa shape index (κ1) is 17.0. The van der Waals surface area contributed by atoms with Gasteiger partial charge in [-0.3, -0.25) is 0 Å². The fourth-order valence-electron chi connectivity index (χ4n) is 0.859. The van der Waals surface area contributed by atoms with Crippen molar-refractivity contribution in [3.8, 4) is 0 Å². The monoisotopic (exact) mass is 292 g/mol. The molecular weight excluding hydrogens is 284 g/mol. The molecule has 0 heterocycles. The molecule has 0 amide bonds. The Morgan fingerprint density at radius 3 is 0.737 bits per heavy atom. The molecule has 0 saturated carbocycles. The zero-order chi connectivity index (χ0) is 14.7. The highest BCUT2D eigenvalue weighted by Crippen LogP contribution is 1.99. The average Bonchev–Trinajstić information content (AvgIpc) is 2.38. The van der Waals surface area contributed by atoms with Crippen LogP contribution >= 0.6 is 0 Å². The molecule has 0 aliphatic heterocycles. The van der Waals surface area contributed by atoms with Crippen LogP contribution in [0.15, 0.2) is 48.5 Å². The minimum absolute atomic E-state index is 0.411. The standard InChI is InChI=1S/2C6H4F2.O2S/c2*7-5-1-2-6(8)4-3-5;1-3-2/h2*1-4H;. The van der Waals surface area contributed by atoms with Crippen molar-refractivity contribution >= 4 is 11.6 Å². The van der Waals surface area contributed by atoms with Gasteiger partial charge in [0.05, 0.1) is 0 Å². The van der Waals surface area contributed by atoms with E-state index in [0.717, 1.165) is 48.5 Å². The van der Waals surface area contributed by atoms with Crippen molar-refractivity contribution in [2.75, 3.05) is 0 Å². The SMILES string of the molecule is Fc1ccc(F)cc1.Fc1ccc(F)cc1.O=S=O. The number of hydrogen-bond donors (Lipinski definition) is 0. The summed E-state index contributed by atoms with van der Waals surface area (Å²) in [5, 5.41) is 0. The molecule has 0 aromatic heterocycles. The number of benzene rings is 2. The van der Waals surface area contributed by atoms with Gasteiger partial charge >= 0.3 is 11.6 Å². The van der Waals surface area contributed by atoms with Crippen LogP contribution in [-0.2, 0) is 11.6 Å². The van der Waals surface area contributed by atoms with Gasteiger partial charge in [0.2, 0.25) is 0 Å². The highest BCUT2D eigenvalue weighted by molar-refractivity contribution is 7.51. The van der Waals surface area contributed by atoms with Crippen LogP contribution in [0.3, 0.4) is 0 Å². The highest BCUT2D eigenvalue weighted by Gasteiger charge is 1.87. The zero-order valence-corrected chi connectivity index (χ0v) is 10.2. The molecule has 102 valence electrons. The van der Waals surface area contributed by atoms with Crippen molar-refractivity contribution in [2.24, 2.45) is 0 Å². The van der Waals surface area contributed by atoms with Crippen molar-refractivity contribution in [2.45, 2.75) is 0 Å². The van der Waals surface area contributed by atoms with Crippen molar-refractivity contribution in [1.29, 1.82) is 0 Å². The van der Waals surface area contributed by atoms with E-state index >= 15 is 0 Å². The van der Waals surface area contributed by atoms with Gasteiger partial charge in [0.15, 0.2) is 0 Å². The van der Waals surface area contributed by atoms with Gasteiger partial charge in [0.25, 0.3) is 0 Å². The first-order chi connectivity index (χ1) is 8.99. The van der Waals surface area contributed by atoms with E-state index < -0.39 is 34.8 Å². The van der Waals surface area contributed by atoms with E-state index in [9.17, 15) is 17.6 Å². The summed E-state index contributed by atoms with van der Waals surface area (Å²) in [6, 6.07) is 8.63. The fourth-order valence-corrected chi connectivity index (χ4v) is 0.859. The lowest BCUT2D eigenvalue weighted by Gasteiger charge is -1.83. The maximum absolute atomic E-state index is 11.9. The molecule has 0 spiro atoms. The Kier molecular flexibility index (Phi) is 8.90. The Labute approximate surface area is 110 Å². The lowest BCUT2D eigenvalue weighted by molar-refractivity contribution is 0.600. The van der Waals surface area contributed by atoms with Gasteiger partial charge in [-0.25, -0.2) is 17.6 Å². The summed E-state index contributed by atoms with van der Waals surface area (Å²) in [7, 11) is 0. The van der Waals surface area contributed by atoms with E-state index in [4.69, 9.17) is 8.42 Å². The summed E-state index contributed by atoms with van der Waals surface area (Å²) in [6.07, 6.45) is 0. The lowest BCUT2D eigenvalue weighted by Crippen LogP contribution is -1.72. The van der Waals surface area contributed by atoms with E-state index in [1.54, 1.807) is 0 Å². The number of rotatable bonds is 0. The van der Waals surface area contributed by atoms with Crippen LogP contribution in [-0.4, -0.2) is 8.42 Å². The minimum atomic E-state index is -0.750. The molecule has 2 aromatic carbocycles. The van der Waals surface area contributed by atoms with Gasteiger partial charge in [-0.05, 0) is 48.5 Å². The third-order valence-electron chi connectivity index (χ3n) is 1.61. The molecule has 0 fully saturated rings. The summed E-state index contributed by atoms with van der Waals surface area (Å²) in [5.41, 5.74) is 0. The molecule has 2 rings (SSSR count). The van der Waals surface area contributed by atoms with Gasteiger partial charge in [-0.15, -0.1) is 0 Å². The van der Waals surface area contributed by atoms with Crippen LogP contribution < -0.4 is 0 Å². The smallest absolute Gasteiger partial charge is 0.207 e. The maximum atomic E-state index is 11.9. The molecule has 0 aliphatic rings. The predicted octanol–water partition coefficient (Wildman–Crippen LogP) is 3.26. The Morgan fingerprint density at radius 1 is 0.526 bits per heavy atom. The molecule has 0 radical (unpaired) electrons. The van der Waals surface area contributed by atoms with Crippen molar-refractivity contribution < 1.29 is 26.0 Å². The van der Waals surface area contributed by atoms with Crippen LogP contribution in [0.1, 0.15) is 0 Å². The number of hydrogen-bond acceptors (Lipinski definition) is 2. The maximum Gasteiger partial charge on any atom is 0.335 e. The van der Waals surface area contributed by atoms with Crippen molar-refractivity contribution in [1.82, 2.24) is 0 Å². The first-order valence-electron chi connectivity index (χ1n) is 4.73. The van der Waals surface area contributed by atoms with Gasteiger partial charge in [-0.1, -0.05) is 0 Å². The molecule has 0 saturated heterocycles. The van der Waals surface area contributed by atoms with E-state index in [0.29, 0.717) is 0 Å². The molecule has 2 nitrogen and oxygen atoms in total. The molecule has 19 heavy (non-hydrogen) atoms. The Hall–Kier alpha value is -2.02. The minimum Gasteiger partial charge on any atom is -0.207 e. The fraction of sp³-hybridized carbons (Fsp3) is 0. The molecule has 0 atom stereocenters. The third kappa shape index (κ3) is 9.66. The number of halogens is 4. The summed E-state index contributed by atoms with van der Waals surface area (Å²) >= 11 is -0.750. The van der Waals surface area contributed by atoms with Gasteiger partial charge < -0.3 is 0 Å². The molecule has 0 aliphatic carbocycles. The average molecular weight is 292 g/mol. The highest BCUT2D eigenvalue weighted by atomic mass is 32.1. The van der Waals surface area contributed by atoms with Crippen LogP contribution in [0.5, 0.6) is 0 Å². The van der Waals surface area contributed by atoms with Crippen LogP contribution in [0.2, 0.25) is 0 Å². The largest absolute Gasteiger partial charge is 0.335 e. The third-order valence-corrected chi connectivity index (χ3v) is 1.61. The normalized spacial score (nSPS) is 8.42. The van der Waals surface area contributed by atoms with Gasteiger partial charge in [0.1, 0.15) is 23.3 Å². The van der Waals surface area contributed by atoms with E-state index in [1.165, 1.54) is 0 Å². The van der Waals surface area contributed by atoms with E-state index in [1.807, 2.05) is 0 Å². The van der Waals surface area contributed by atoms with E-state index in [-0.39, 0.29) is 0 Å². The van der Waals surface area contributed by atoms with Crippen LogP contribution in [0, 0.1) is 23.3 Å². The molecular formula is C12H8F4O2S. The van der Waals surface area contributed by atoms with E-state index in [2.05, 4.69) is 0 Å². The summed E-state index contributed by atoms with van der Waals surface area (Å²) < 4.78 is 64.3. The molecule has 0 N–H and O–H groups in total. The predicted molar refractivity (Wildman–Crippen MR) is 61.6 cm³/mol. The Morgan fingerprint density at radius 2 is 0.632 bits per heavy atom. The molecule has 0 unspecified atom stereocenters. The molecule has 0 bridgehead atoms. The zero-order valence-electron chi connectivity index (χ0n) is 9.36. The quantitative estimate of drug-likeness (QED) is 0.698. The van der Waals surface area contributed by atoms with Crippen molar-refractivity contribution in [3.05, 3.63) is 71.8 Å².